The van der Waals surface area contributed by atoms with Gasteiger partial charge >= 0.3 is 0 Å². The predicted octanol–water partition coefficient (Wildman–Crippen LogP) is 2.25. The average molecular weight is 495 g/mol. The van der Waals surface area contributed by atoms with Gasteiger partial charge < -0.3 is 19.5 Å². The van der Waals surface area contributed by atoms with Crippen molar-refractivity contribution in [3.05, 3.63) is 60.7 Å². The maximum absolute atomic E-state index is 12.1. The molecule has 182 valence electrons. The molecule has 5 heterocycles. The molecule has 1 saturated heterocycles. The van der Waals surface area contributed by atoms with E-state index in [0.29, 0.717) is 29.8 Å². The van der Waals surface area contributed by atoms with E-state index in [1.807, 2.05) is 41.2 Å². The Hall–Kier alpha value is -3.77. The van der Waals surface area contributed by atoms with Crippen molar-refractivity contribution in [2.75, 3.05) is 54.1 Å². The van der Waals surface area contributed by atoms with Crippen molar-refractivity contribution in [2.24, 2.45) is 0 Å². The van der Waals surface area contributed by atoms with Gasteiger partial charge in [-0.3, -0.25) is 4.31 Å². The summed E-state index contributed by atoms with van der Waals surface area (Å²) in [6.07, 6.45) is 8.21. The summed E-state index contributed by atoms with van der Waals surface area (Å²) in [5.74, 6) is 1.45. The van der Waals surface area contributed by atoms with Crippen molar-refractivity contribution in [1.82, 2.24) is 24.5 Å². The number of anilines is 4. The van der Waals surface area contributed by atoms with Crippen LogP contribution in [0.1, 0.15) is 5.56 Å². The van der Waals surface area contributed by atoms with Gasteiger partial charge in [0.25, 0.3) is 0 Å². The van der Waals surface area contributed by atoms with Crippen LogP contribution in [-0.4, -0.2) is 72.5 Å². The highest BCUT2D eigenvalue weighted by atomic mass is 32.2. The zero-order chi connectivity index (χ0) is 24.4. The van der Waals surface area contributed by atoms with Gasteiger partial charge in [-0.15, -0.1) is 0 Å². The molecule has 4 aromatic rings. The number of fused-ring (bicyclic) bond motifs is 1. The second kappa shape index (κ2) is 9.47. The highest BCUT2D eigenvalue weighted by molar-refractivity contribution is 7.92. The van der Waals surface area contributed by atoms with Crippen LogP contribution < -0.4 is 14.5 Å². The normalized spacial score (nSPS) is 14.3. The first-order chi connectivity index (χ1) is 16.9. The maximum atomic E-state index is 12.1. The van der Waals surface area contributed by atoms with E-state index in [1.54, 1.807) is 18.5 Å². The predicted molar refractivity (Wildman–Crippen MR) is 135 cm³/mol. The minimum Gasteiger partial charge on any atom is -0.378 e. The number of sulfonamides is 1. The molecule has 0 bridgehead atoms. The highest BCUT2D eigenvalue weighted by Crippen LogP contribution is 2.23. The van der Waals surface area contributed by atoms with Gasteiger partial charge in [0.2, 0.25) is 16.0 Å². The van der Waals surface area contributed by atoms with Crippen molar-refractivity contribution < 1.29 is 13.2 Å². The molecule has 12 heteroatoms. The van der Waals surface area contributed by atoms with E-state index in [4.69, 9.17) is 4.74 Å². The number of ether oxygens (including phenoxy) is 1. The molecule has 0 atom stereocenters. The molecule has 35 heavy (non-hydrogen) atoms. The van der Waals surface area contributed by atoms with Crippen LogP contribution in [0, 0.1) is 0 Å². The first-order valence-corrected chi connectivity index (χ1v) is 13.0. The molecule has 1 aliphatic rings. The molecule has 0 spiro atoms. The Kier molecular flexibility index (Phi) is 6.22. The molecule has 0 unspecified atom stereocenters. The van der Waals surface area contributed by atoms with Gasteiger partial charge in [0.1, 0.15) is 17.3 Å². The van der Waals surface area contributed by atoms with E-state index in [0.717, 1.165) is 49.2 Å². The third-order valence-electron chi connectivity index (χ3n) is 5.87. The first kappa shape index (κ1) is 23.0. The van der Waals surface area contributed by atoms with Gasteiger partial charge in [0.05, 0.1) is 37.9 Å². The summed E-state index contributed by atoms with van der Waals surface area (Å²) in [4.78, 5) is 20.1. The number of pyridine rings is 2. The van der Waals surface area contributed by atoms with Crippen LogP contribution in [0.15, 0.2) is 55.1 Å². The van der Waals surface area contributed by atoms with E-state index in [1.165, 1.54) is 11.4 Å². The molecule has 1 aliphatic heterocycles. The monoisotopic (exact) mass is 494 g/mol. The van der Waals surface area contributed by atoms with Crippen LogP contribution in [0.5, 0.6) is 0 Å². The van der Waals surface area contributed by atoms with E-state index < -0.39 is 10.0 Å². The average Bonchev–Trinajstić information content (AvgIpc) is 3.26. The smallest absolute Gasteiger partial charge is 0.233 e. The fourth-order valence-corrected chi connectivity index (χ4v) is 4.40. The molecule has 5 rings (SSSR count). The molecule has 4 aromatic heterocycles. The quantitative estimate of drug-likeness (QED) is 0.413. The van der Waals surface area contributed by atoms with E-state index in [2.05, 4.69) is 30.2 Å². The number of morpholine rings is 1. The molecule has 11 nitrogen and oxygen atoms in total. The number of aromatic nitrogens is 5. The van der Waals surface area contributed by atoms with Crippen molar-refractivity contribution in [3.8, 4) is 0 Å². The molecule has 0 aromatic carbocycles. The summed E-state index contributed by atoms with van der Waals surface area (Å²) in [6.45, 7) is 3.54. The van der Waals surface area contributed by atoms with Gasteiger partial charge in [-0.2, -0.15) is 4.98 Å². The van der Waals surface area contributed by atoms with Crippen molar-refractivity contribution >= 4 is 44.3 Å². The Bertz CT molecular complexity index is 1430. The van der Waals surface area contributed by atoms with E-state index in [-0.39, 0.29) is 0 Å². The Morgan fingerprint density at radius 2 is 1.91 bits per heavy atom. The fraction of sp³-hybridized carbons (Fsp3) is 0.304. The first-order valence-electron chi connectivity index (χ1n) is 11.1. The number of hydrogen-bond donors (Lipinski definition) is 1. The van der Waals surface area contributed by atoms with Crippen LogP contribution in [0.25, 0.3) is 11.0 Å². The molecule has 1 fully saturated rings. The topological polar surface area (TPSA) is 118 Å². The van der Waals surface area contributed by atoms with Gasteiger partial charge in [-0.1, -0.05) is 6.07 Å². The Morgan fingerprint density at radius 1 is 1.09 bits per heavy atom. The van der Waals surface area contributed by atoms with Crippen LogP contribution in [0.4, 0.5) is 23.3 Å². The van der Waals surface area contributed by atoms with Crippen molar-refractivity contribution in [3.63, 3.8) is 0 Å². The zero-order valence-electron chi connectivity index (χ0n) is 19.5. The zero-order valence-corrected chi connectivity index (χ0v) is 20.3. The standard InChI is InChI=1S/C23H26N8O3S/c1-29(35(2,32)33)21-18(4-3-8-24-21)16-31-9-7-17-14-26-23(28-22(17)31)27-20-6-5-19(15-25-20)30-10-12-34-13-11-30/h3-9,14-15H,10-13,16H2,1-2H3,(H,25,26,27,28). The van der Waals surface area contributed by atoms with Gasteiger partial charge in [0.15, 0.2) is 0 Å². The Balaban J connectivity index is 1.37. The summed E-state index contributed by atoms with van der Waals surface area (Å²) in [5.41, 5.74) is 2.52. The Labute approximate surface area is 203 Å². The summed E-state index contributed by atoms with van der Waals surface area (Å²) >= 11 is 0. The fourth-order valence-electron chi connectivity index (χ4n) is 3.92. The highest BCUT2D eigenvalue weighted by Gasteiger charge is 2.18. The Morgan fingerprint density at radius 3 is 2.66 bits per heavy atom. The number of hydrogen-bond acceptors (Lipinski definition) is 9. The van der Waals surface area contributed by atoms with Gasteiger partial charge in [-0.05, 0) is 24.3 Å². The van der Waals surface area contributed by atoms with Crippen LogP contribution >= 0.6 is 0 Å². The van der Waals surface area contributed by atoms with Crippen LogP contribution in [0.3, 0.4) is 0 Å². The van der Waals surface area contributed by atoms with Gasteiger partial charge in [-0.25, -0.2) is 23.4 Å². The summed E-state index contributed by atoms with van der Waals surface area (Å²) < 4.78 is 32.7. The number of nitrogens with one attached hydrogen (secondary N) is 1. The van der Waals surface area contributed by atoms with Gasteiger partial charge in [0, 0.05) is 49.7 Å². The minimum atomic E-state index is -3.44. The largest absolute Gasteiger partial charge is 0.378 e. The molecular weight excluding hydrogens is 468 g/mol. The van der Waals surface area contributed by atoms with Crippen LogP contribution in [0.2, 0.25) is 0 Å². The summed E-state index contributed by atoms with van der Waals surface area (Å²) in [7, 11) is -1.95. The third-order valence-corrected chi connectivity index (χ3v) is 7.04. The van der Waals surface area contributed by atoms with E-state index >= 15 is 0 Å². The lowest BCUT2D eigenvalue weighted by atomic mass is 10.2. The molecule has 0 amide bonds. The SMILES string of the molecule is CN(c1ncccc1Cn1ccc2cnc(Nc3ccc(N4CCOCC4)cn3)nc21)S(C)(=O)=O. The number of rotatable bonds is 7. The lowest BCUT2D eigenvalue weighted by Crippen LogP contribution is -2.36. The van der Waals surface area contributed by atoms with E-state index in [9.17, 15) is 8.42 Å². The molecule has 0 radical (unpaired) electrons. The minimum absolute atomic E-state index is 0.383. The molecule has 0 aliphatic carbocycles. The maximum Gasteiger partial charge on any atom is 0.233 e. The molecular formula is C23H26N8O3S. The van der Waals surface area contributed by atoms with Crippen molar-refractivity contribution in [2.45, 2.75) is 6.54 Å². The summed E-state index contributed by atoms with van der Waals surface area (Å²) in [5, 5.41) is 4.04. The summed E-state index contributed by atoms with van der Waals surface area (Å²) in [6, 6.07) is 9.49. The lowest BCUT2D eigenvalue weighted by molar-refractivity contribution is 0.122. The number of nitrogens with zero attached hydrogens (tertiary/aromatic N) is 7. The van der Waals surface area contributed by atoms with Crippen LogP contribution in [-0.2, 0) is 21.3 Å². The third kappa shape index (κ3) is 5.03. The lowest BCUT2D eigenvalue weighted by Gasteiger charge is -2.28. The molecule has 1 N–H and O–H groups in total. The second-order valence-corrected chi connectivity index (χ2v) is 10.3. The van der Waals surface area contributed by atoms with Crippen molar-refractivity contribution in [1.29, 1.82) is 0 Å². The molecule has 0 saturated carbocycles. The second-order valence-electron chi connectivity index (χ2n) is 8.26.